The fourth-order valence-electron chi connectivity index (χ4n) is 2.68. The van der Waals surface area contributed by atoms with E-state index in [-0.39, 0.29) is 5.91 Å². The highest BCUT2D eigenvalue weighted by atomic mass is 35.5. The molecule has 5 heteroatoms. The van der Waals surface area contributed by atoms with Crippen LogP contribution in [0, 0.1) is 0 Å². The van der Waals surface area contributed by atoms with Crippen LogP contribution in [-0.4, -0.2) is 30.2 Å². The van der Waals surface area contributed by atoms with E-state index >= 15 is 0 Å². The number of rotatable bonds is 4. The zero-order chi connectivity index (χ0) is 16.4. The lowest BCUT2D eigenvalue weighted by Gasteiger charge is -2.21. The molecule has 0 N–H and O–H groups in total. The summed E-state index contributed by atoms with van der Waals surface area (Å²) < 4.78 is 5.77. The predicted octanol–water partition coefficient (Wildman–Crippen LogP) is 4.02. The maximum atomic E-state index is 12.6. The van der Waals surface area contributed by atoms with E-state index < -0.39 is 6.10 Å². The molecule has 0 radical (unpaired) electrons. The maximum absolute atomic E-state index is 12.6. The summed E-state index contributed by atoms with van der Waals surface area (Å²) in [4.78, 5) is 15.5. The Bertz CT molecular complexity index is 717. The van der Waals surface area contributed by atoms with E-state index in [4.69, 9.17) is 16.3 Å². The molecule has 2 aromatic rings. The quantitative estimate of drug-likeness (QED) is 0.782. The van der Waals surface area contributed by atoms with Gasteiger partial charge in [0.1, 0.15) is 5.75 Å². The van der Waals surface area contributed by atoms with Gasteiger partial charge in [0.2, 0.25) is 0 Å². The second kappa shape index (κ2) is 6.85. The second-order valence-electron chi connectivity index (χ2n) is 5.61. The van der Waals surface area contributed by atoms with Crippen molar-refractivity contribution in [3.05, 3.63) is 58.6 Å². The summed E-state index contributed by atoms with van der Waals surface area (Å²) in [6.45, 7) is 0.574. The van der Waals surface area contributed by atoms with E-state index in [9.17, 15) is 4.79 Å². The van der Waals surface area contributed by atoms with Gasteiger partial charge in [-0.3, -0.25) is 4.79 Å². The molecule has 0 bridgehead atoms. The third-order valence-corrected chi connectivity index (χ3v) is 4.91. The lowest BCUT2D eigenvalue weighted by Crippen LogP contribution is -2.38. The number of thioether (sulfide) groups is 1. The maximum Gasteiger partial charge on any atom is 0.264 e. The van der Waals surface area contributed by atoms with Crippen molar-refractivity contribution in [3.63, 3.8) is 0 Å². The molecular weight excluding hydrogens is 330 g/mol. The third kappa shape index (κ3) is 3.65. The Hall–Kier alpha value is -1.65. The van der Waals surface area contributed by atoms with Crippen molar-refractivity contribution < 1.29 is 9.53 Å². The Labute approximate surface area is 145 Å². The number of carbonyl (C=O) groups excluding carboxylic acids is 1. The van der Waals surface area contributed by atoms with Crippen LogP contribution in [0.2, 0.25) is 5.02 Å². The van der Waals surface area contributed by atoms with Crippen molar-refractivity contribution in [2.45, 2.75) is 24.0 Å². The lowest BCUT2D eigenvalue weighted by molar-refractivity contribution is -0.137. The van der Waals surface area contributed by atoms with Crippen molar-refractivity contribution in [3.8, 4) is 5.75 Å². The van der Waals surface area contributed by atoms with Gasteiger partial charge in [0.05, 0.1) is 0 Å². The van der Waals surface area contributed by atoms with Gasteiger partial charge in [-0.05, 0) is 47.7 Å². The van der Waals surface area contributed by atoms with Gasteiger partial charge in [-0.2, -0.15) is 0 Å². The van der Waals surface area contributed by atoms with E-state index in [2.05, 4.69) is 24.3 Å². The summed E-state index contributed by atoms with van der Waals surface area (Å²) >= 11 is 7.70. The molecule has 1 amide bonds. The van der Waals surface area contributed by atoms with Crippen LogP contribution in [0.5, 0.6) is 5.75 Å². The van der Waals surface area contributed by atoms with E-state index in [0.717, 1.165) is 16.9 Å². The Balaban J connectivity index is 1.64. The third-order valence-electron chi connectivity index (χ3n) is 3.93. The average molecular weight is 348 g/mol. The summed E-state index contributed by atoms with van der Waals surface area (Å²) in [5.41, 5.74) is 2.10. The van der Waals surface area contributed by atoms with Gasteiger partial charge < -0.3 is 9.64 Å². The molecule has 1 aliphatic rings. The van der Waals surface area contributed by atoms with E-state index in [1.54, 1.807) is 22.7 Å². The summed E-state index contributed by atoms with van der Waals surface area (Å²) in [5, 5.41) is 0.669. The van der Waals surface area contributed by atoms with Crippen molar-refractivity contribution in [1.29, 1.82) is 0 Å². The minimum atomic E-state index is -0.459. The van der Waals surface area contributed by atoms with Crippen molar-refractivity contribution in [2.75, 3.05) is 13.3 Å². The number of nitrogens with zero attached hydrogens (tertiary/aromatic N) is 1. The van der Waals surface area contributed by atoms with Gasteiger partial charge in [-0.15, -0.1) is 11.8 Å². The van der Waals surface area contributed by atoms with Crippen LogP contribution >= 0.6 is 23.4 Å². The first-order chi connectivity index (χ1) is 11.1. The molecule has 0 unspecified atom stereocenters. The number of hydrogen-bond donors (Lipinski definition) is 0. The van der Waals surface area contributed by atoms with Gasteiger partial charge in [0.25, 0.3) is 5.91 Å². The molecule has 120 valence electrons. The van der Waals surface area contributed by atoms with E-state index in [1.165, 1.54) is 4.90 Å². The molecule has 0 fully saturated rings. The molecule has 1 atom stereocenters. The van der Waals surface area contributed by atoms with Gasteiger partial charge in [-0.1, -0.05) is 23.7 Å². The van der Waals surface area contributed by atoms with Crippen LogP contribution in [0.3, 0.4) is 0 Å². The fraction of sp³-hybridized carbons (Fsp3) is 0.278. The zero-order valence-corrected chi connectivity index (χ0v) is 14.7. The Kier molecular flexibility index (Phi) is 4.83. The van der Waals surface area contributed by atoms with Crippen LogP contribution in [-0.2, 0) is 17.8 Å². The molecule has 23 heavy (non-hydrogen) atoms. The minimum absolute atomic E-state index is 0.00809. The molecular formula is C18H18ClNO2S. The van der Waals surface area contributed by atoms with E-state index in [1.807, 2.05) is 25.4 Å². The van der Waals surface area contributed by atoms with Crippen LogP contribution in [0.25, 0.3) is 0 Å². The Morgan fingerprint density at radius 1 is 1.30 bits per heavy atom. The number of likely N-dealkylation sites (N-methyl/N-ethyl adjacent to an activating group) is 1. The molecule has 0 saturated heterocycles. The molecule has 0 aliphatic carbocycles. The van der Waals surface area contributed by atoms with Crippen LogP contribution < -0.4 is 4.74 Å². The summed E-state index contributed by atoms with van der Waals surface area (Å²) in [6.07, 6.45) is 2.16. The number of hydrogen-bond acceptors (Lipinski definition) is 3. The molecule has 0 spiro atoms. The normalized spacial score (nSPS) is 15.9. The number of halogens is 1. The highest BCUT2D eigenvalue weighted by molar-refractivity contribution is 7.98. The number of fused-ring (bicyclic) bond motifs is 1. The van der Waals surface area contributed by atoms with Gasteiger partial charge in [0, 0.05) is 29.9 Å². The number of carbonyl (C=O) groups is 1. The standard InChI is InChI=1S/C18H18ClNO2S/c1-20(11-12-3-6-15(23-2)7-4-12)18(21)17-10-13-9-14(19)5-8-16(13)22-17/h3-9,17H,10-11H2,1-2H3/t17-/m0/s1. The zero-order valence-electron chi connectivity index (χ0n) is 13.1. The highest BCUT2D eigenvalue weighted by Crippen LogP contribution is 2.31. The molecule has 0 aromatic heterocycles. The fourth-order valence-corrected chi connectivity index (χ4v) is 3.29. The smallest absolute Gasteiger partial charge is 0.264 e. The monoisotopic (exact) mass is 347 g/mol. The second-order valence-corrected chi connectivity index (χ2v) is 6.92. The molecule has 2 aromatic carbocycles. The van der Waals surface area contributed by atoms with Crippen LogP contribution in [0.4, 0.5) is 0 Å². The Morgan fingerprint density at radius 2 is 2.04 bits per heavy atom. The summed E-state index contributed by atoms with van der Waals surface area (Å²) in [7, 11) is 1.81. The van der Waals surface area contributed by atoms with E-state index in [0.29, 0.717) is 18.0 Å². The van der Waals surface area contributed by atoms with Gasteiger partial charge >= 0.3 is 0 Å². The lowest BCUT2D eigenvalue weighted by atomic mass is 10.1. The average Bonchev–Trinajstić information content (AvgIpc) is 2.97. The number of ether oxygens (including phenoxy) is 1. The topological polar surface area (TPSA) is 29.5 Å². The number of amides is 1. The Morgan fingerprint density at radius 3 is 2.74 bits per heavy atom. The molecule has 0 saturated carbocycles. The van der Waals surface area contributed by atoms with Crippen LogP contribution in [0.15, 0.2) is 47.4 Å². The van der Waals surface area contributed by atoms with Crippen molar-refractivity contribution >= 4 is 29.3 Å². The largest absolute Gasteiger partial charge is 0.480 e. The molecule has 3 nitrogen and oxygen atoms in total. The van der Waals surface area contributed by atoms with Gasteiger partial charge in [0.15, 0.2) is 6.10 Å². The first kappa shape index (κ1) is 16.2. The SMILES string of the molecule is CSc1ccc(CN(C)C(=O)[C@@H]2Cc3cc(Cl)ccc3O2)cc1. The molecule has 3 rings (SSSR count). The highest BCUT2D eigenvalue weighted by Gasteiger charge is 2.31. The number of benzene rings is 2. The van der Waals surface area contributed by atoms with Gasteiger partial charge in [-0.25, -0.2) is 0 Å². The summed E-state index contributed by atoms with van der Waals surface area (Å²) in [6, 6.07) is 13.7. The van der Waals surface area contributed by atoms with Crippen molar-refractivity contribution in [1.82, 2.24) is 4.90 Å². The first-order valence-corrected chi connectivity index (χ1v) is 9.00. The first-order valence-electron chi connectivity index (χ1n) is 7.40. The minimum Gasteiger partial charge on any atom is -0.480 e. The molecule has 1 aliphatic heterocycles. The predicted molar refractivity (Wildman–Crippen MR) is 94.3 cm³/mol. The summed E-state index contributed by atoms with van der Waals surface area (Å²) in [5.74, 6) is 0.747. The van der Waals surface area contributed by atoms with Crippen LogP contribution in [0.1, 0.15) is 11.1 Å². The van der Waals surface area contributed by atoms with Crippen molar-refractivity contribution in [2.24, 2.45) is 0 Å². The molecule has 1 heterocycles.